The van der Waals surface area contributed by atoms with E-state index in [9.17, 15) is 14.4 Å². The van der Waals surface area contributed by atoms with Crippen LogP contribution in [-0.2, 0) is 14.4 Å². The molecule has 2 amide bonds. The Bertz CT molecular complexity index is 803. The third kappa shape index (κ3) is 5.33. The number of rotatable bonds is 7. The van der Waals surface area contributed by atoms with Gasteiger partial charge in [-0.05, 0) is 24.3 Å². The first-order valence-corrected chi connectivity index (χ1v) is 9.20. The Morgan fingerprint density at radius 2 is 1.46 bits per heavy atom. The van der Waals surface area contributed by atoms with Crippen molar-refractivity contribution in [2.24, 2.45) is 0 Å². The number of para-hydroxylation sites is 2. The molecule has 1 saturated heterocycles. The van der Waals surface area contributed by atoms with Crippen molar-refractivity contribution in [2.45, 2.75) is 0 Å². The van der Waals surface area contributed by atoms with E-state index in [4.69, 9.17) is 4.74 Å². The number of ketones is 1. The second kappa shape index (κ2) is 9.55. The van der Waals surface area contributed by atoms with Gasteiger partial charge in [-0.25, -0.2) is 0 Å². The molecule has 1 N–H and O–H groups in total. The number of benzene rings is 2. The molecule has 0 atom stereocenters. The largest absolute Gasteiger partial charge is 0.485 e. The third-order valence-corrected chi connectivity index (χ3v) is 4.52. The van der Waals surface area contributed by atoms with Crippen LogP contribution < -0.4 is 15.0 Å². The molecule has 3 rings (SSSR count). The van der Waals surface area contributed by atoms with Gasteiger partial charge in [-0.1, -0.05) is 36.4 Å². The van der Waals surface area contributed by atoms with E-state index in [0.29, 0.717) is 18.8 Å². The summed E-state index contributed by atoms with van der Waals surface area (Å²) >= 11 is 0. The molecule has 1 aliphatic rings. The normalized spacial score (nSPS) is 13.7. The molecule has 0 radical (unpaired) electrons. The van der Waals surface area contributed by atoms with Crippen molar-refractivity contribution in [1.29, 1.82) is 0 Å². The summed E-state index contributed by atoms with van der Waals surface area (Å²) in [6, 6.07) is 18.8. The fourth-order valence-electron chi connectivity index (χ4n) is 2.95. The predicted molar refractivity (Wildman–Crippen MR) is 105 cm³/mol. The zero-order valence-corrected chi connectivity index (χ0v) is 15.5. The van der Waals surface area contributed by atoms with Gasteiger partial charge in [0.1, 0.15) is 5.75 Å². The molecule has 7 heteroatoms. The van der Waals surface area contributed by atoms with Crippen molar-refractivity contribution in [2.75, 3.05) is 44.2 Å². The van der Waals surface area contributed by atoms with Crippen LogP contribution in [0.25, 0.3) is 0 Å². The van der Waals surface area contributed by atoms with Crippen LogP contribution in [0.15, 0.2) is 60.7 Å². The van der Waals surface area contributed by atoms with Crippen LogP contribution in [0.1, 0.15) is 0 Å². The molecule has 7 nitrogen and oxygen atoms in total. The van der Waals surface area contributed by atoms with Crippen LogP contribution in [0, 0.1) is 0 Å². The van der Waals surface area contributed by atoms with E-state index in [1.54, 1.807) is 29.2 Å². The van der Waals surface area contributed by atoms with Gasteiger partial charge in [-0.15, -0.1) is 0 Å². The van der Waals surface area contributed by atoms with Crippen molar-refractivity contribution in [3.05, 3.63) is 60.7 Å². The summed E-state index contributed by atoms with van der Waals surface area (Å²) in [5.74, 6) is -1.22. The number of ether oxygens (including phenoxy) is 1. The molecule has 0 unspecified atom stereocenters. The summed E-state index contributed by atoms with van der Waals surface area (Å²) in [5, 5.41) is 2.39. The van der Waals surface area contributed by atoms with E-state index in [1.807, 2.05) is 36.4 Å². The summed E-state index contributed by atoms with van der Waals surface area (Å²) < 4.78 is 5.25. The van der Waals surface area contributed by atoms with Crippen molar-refractivity contribution < 1.29 is 19.1 Å². The molecule has 146 valence electrons. The third-order valence-electron chi connectivity index (χ3n) is 4.52. The number of carbonyl (C=O) groups is 3. The molecule has 0 spiro atoms. The Balaban J connectivity index is 1.38. The summed E-state index contributed by atoms with van der Waals surface area (Å²) in [4.78, 5) is 39.9. The molecule has 28 heavy (non-hydrogen) atoms. The predicted octanol–water partition coefficient (Wildman–Crippen LogP) is 1.10. The molecular weight excluding hydrogens is 358 g/mol. The Morgan fingerprint density at radius 1 is 0.857 bits per heavy atom. The lowest BCUT2D eigenvalue weighted by Crippen LogP contribution is -2.51. The van der Waals surface area contributed by atoms with Crippen LogP contribution in [-0.4, -0.2) is 61.8 Å². The van der Waals surface area contributed by atoms with Gasteiger partial charge in [-0.3, -0.25) is 14.4 Å². The van der Waals surface area contributed by atoms with E-state index in [2.05, 4.69) is 10.2 Å². The number of nitrogens with zero attached hydrogens (tertiary/aromatic N) is 2. The van der Waals surface area contributed by atoms with Crippen LogP contribution in [0.2, 0.25) is 0 Å². The maximum atomic E-state index is 12.3. The van der Waals surface area contributed by atoms with Gasteiger partial charge in [0.05, 0.1) is 6.54 Å². The highest BCUT2D eigenvalue weighted by Gasteiger charge is 2.22. The van der Waals surface area contributed by atoms with Gasteiger partial charge in [0, 0.05) is 31.9 Å². The summed E-state index contributed by atoms with van der Waals surface area (Å²) in [7, 11) is 0. The van der Waals surface area contributed by atoms with Gasteiger partial charge in [-0.2, -0.15) is 0 Å². The quantitative estimate of drug-likeness (QED) is 0.727. The highest BCUT2D eigenvalue weighted by molar-refractivity contribution is 6.37. The number of amides is 2. The second-order valence-electron chi connectivity index (χ2n) is 6.41. The molecular formula is C21H23N3O4. The monoisotopic (exact) mass is 381 g/mol. The summed E-state index contributed by atoms with van der Waals surface area (Å²) in [6.45, 7) is 2.06. The lowest BCUT2D eigenvalue weighted by molar-refractivity contribution is -0.140. The molecule has 0 aliphatic carbocycles. The van der Waals surface area contributed by atoms with Crippen LogP contribution in [0.3, 0.4) is 0 Å². The number of hydrogen-bond donors (Lipinski definition) is 1. The van der Waals surface area contributed by atoms with Crippen molar-refractivity contribution in [3.63, 3.8) is 0 Å². The summed E-state index contributed by atoms with van der Waals surface area (Å²) in [5.41, 5.74) is 1.13. The maximum absolute atomic E-state index is 12.3. The summed E-state index contributed by atoms with van der Waals surface area (Å²) in [6.07, 6.45) is 0. The zero-order valence-electron chi connectivity index (χ0n) is 15.5. The molecule has 2 aromatic rings. The Kier molecular flexibility index (Phi) is 6.62. The van der Waals surface area contributed by atoms with Crippen LogP contribution >= 0.6 is 0 Å². The minimum atomic E-state index is -0.813. The van der Waals surface area contributed by atoms with E-state index in [-0.39, 0.29) is 19.1 Å². The molecule has 0 bridgehead atoms. The first-order chi connectivity index (χ1) is 13.6. The Hall–Kier alpha value is -3.35. The molecule has 1 aliphatic heterocycles. The number of Topliss-reactive ketones (excluding diaryl/α,β-unsaturated/α-hetero) is 1. The highest BCUT2D eigenvalue weighted by atomic mass is 16.5. The molecule has 2 aromatic carbocycles. The van der Waals surface area contributed by atoms with Crippen molar-refractivity contribution >= 4 is 23.3 Å². The van der Waals surface area contributed by atoms with Gasteiger partial charge >= 0.3 is 0 Å². The Morgan fingerprint density at radius 3 is 2.11 bits per heavy atom. The molecule has 1 heterocycles. The first kappa shape index (κ1) is 19.4. The van der Waals surface area contributed by atoms with Crippen LogP contribution in [0.4, 0.5) is 5.69 Å². The van der Waals surface area contributed by atoms with Gasteiger partial charge in [0.15, 0.2) is 6.61 Å². The van der Waals surface area contributed by atoms with Crippen molar-refractivity contribution in [3.8, 4) is 5.75 Å². The maximum Gasteiger partial charge on any atom is 0.291 e. The lowest BCUT2D eigenvalue weighted by atomic mass is 10.2. The topological polar surface area (TPSA) is 78.9 Å². The number of piperazine rings is 1. The fourth-order valence-corrected chi connectivity index (χ4v) is 2.95. The second-order valence-corrected chi connectivity index (χ2v) is 6.41. The average Bonchev–Trinajstić information content (AvgIpc) is 2.77. The number of anilines is 1. The smallest absolute Gasteiger partial charge is 0.291 e. The average molecular weight is 381 g/mol. The molecule has 1 fully saturated rings. The zero-order chi connectivity index (χ0) is 19.8. The SMILES string of the molecule is O=C(COc1ccccc1)C(=O)NCC(=O)N1CCN(c2ccccc2)CC1. The van der Waals surface area contributed by atoms with Gasteiger partial charge < -0.3 is 19.9 Å². The van der Waals surface area contributed by atoms with Gasteiger partial charge in [0.25, 0.3) is 11.7 Å². The standard InChI is InChI=1S/C21H23N3O4/c25-19(16-28-18-9-5-2-6-10-18)21(27)22-15-20(26)24-13-11-23(12-14-24)17-7-3-1-4-8-17/h1-10H,11-16H2,(H,22,27). The minimum Gasteiger partial charge on any atom is -0.485 e. The van der Waals surface area contributed by atoms with Gasteiger partial charge in [0.2, 0.25) is 5.91 Å². The Labute approximate surface area is 163 Å². The minimum absolute atomic E-state index is 0.193. The van der Waals surface area contributed by atoms with E-state index in [1.165, 1.54) is 0 Å². The lowest BCUT2D eigenvalue weighted by Gasteiger charge is -2.36. The van der Waals surface area contributed by atoms with Crippen molar-refractivity contribution in [1.82, 2.24) is 10.2 Å². The van der Waals surface area contributed by atoms with Crippen LogP contribution in [0.5, 0.6) is 5.75 Å². The number of carbonyl (C=O) groups excluding carboxylic acids is 3. The first-order valence-electron chi connectivity index (χ1n) is 9.20. The number of hydrogen-bond acceptors (Lipinski definition) is 5. The fraction of sp³-hybridized carbons (Fsp3) is 0.286. The molecule has 0 saturated carbocycles. The highest BCUT2D eigenvalue weighted by Crippen LogP contribution is 2.15. The van der Waals surface area contributed by atoms with E-state index < -0.39 is 11.7 Å². The van der Waals surface area contributed by atoms with E-state index in [0.717, 1.165) is 18.8 Å². The number of nitrogens with one attached hydrogen (secondary N) is 1. The van der Waals surface area contributed by atoms with E-state index >= 15 is 0 Å². The molecule has 0 aromatic heterocycles.